The Hall–Kier alpha value is -0.800. The molecule has 1 aromatic rings. The van der Waals surface area contributed by atoms with Gasteiger partial charge in [0.25, 0.3) is 0 Å². The molecule has 2 rings (SSSR count). The summed E-state index contributed by atoms with van der Waals surface area (Å²) in [6.07, 6.45) is 3.61. The third kappa shape index (κ3) is 3.15. The van der Waals surface area contributed by atoms with Gasteiger partial charge >= 0.3 is 0 Å². The molecule has 1 aromatic carbocycles. The van der Waals surface area contributed by atoms with Crippen LogP contribution in [0.2, 0.25) is 5.02 Å². The van der Waals surface area contributed by atoms with Crippen LogP contribution in [0.1, 0.15) is 38.7 Å². The lowest BCUT2D eigenvalue weighted by molar-refractivity contribution is 0.378. The average molecular weight is 283 g/mol. The molecule has 1 fully saturated rings. The second-order valence-electron chi connectivity index (χ2n) is 5.80. The van der Waals surface area contributed by atoms with E-state index in [0.717, 1.165) is 11.3 Å². The molecule has 1 aliphatic carbocycles. The number of hydrogen-bond acceptors (Lipinski definition) is 2. The van der Waals surface area contributed by atoms with E-state index in [1.807, 2.05) is 18.2 Å². The molecule has 1 atom stereocenters. The second kappa shape index (κ2) is 5.06. The zero-order valence-corrected chi connectivity index (χ0v) is 12.4. The number of hydrogen-bond donors (Lipinski definition) is 2. The second-order valence-corrected chi connectivity index (χ2v) is 6.68. The molecule has 18 heavy (non-hydrogen) atoms. The van der Waals surface area contributed by atoms with Crippen LogP contribution in [0.5, 0.6) is 0 Å². The highest BCUT2D eigenvalue weighted by Gasteiger charge is 2.31. The number of thiocarbonyl (C=S) groups is 1. The lowest BCUT2D eigenvalue weighted by Gasteiger charge is -2.20. The molecule has 0 amide bonds. The monoisotopic (exact) mass is 282 g/mol. The zero-order chi connectivity index (χ0) is 13.3. The highest BCUT2D eigenvalue weighted by atomic mass is 35.5. The van der Waals surface area contributed by atoms with E-state index < -0.39 is 0 Å². The summed E-state index contributed by atoms with van der Waals surface area (Å²) in [5.74, 6) is 0. The topological polar surface area (TPSA) is 38.0 Å². The summed E-state index contributed by atoms with van der Waals surface area (Å²) >= 11 is 11.1. The summed E-state index contributed by atoms with van der Waals surface area (Å²) in [6, 6.07) is 6.15. The summed E-state index contributed by atoms with van der Waals surface area (Å²) in [6.45, 7) is 4.62. The molecule has 0 heterocycles. The first kappa shape index (κ1) is 13.6. The Labute approximate surface area is 119 Å². The van der Waals surface area contributed by atoms with Gasteiger partial charge in [-0.2, -0.15) is 0 Å². The van der Waals surface area contributed by atoms with Crippen LogP contribution in [0.3, 0.4) is 0 Å². The molecule has 0 spiro atoms. The quantitative estimate of drug-likeness (QED) is 0.824. The minimum absolute atomic E-state index is 0.386. The van der Waals surface area contributed by atoms with E-state index in [2.05, 4.69) is 19.2 Å². The van der Waals surface area contributed by atoms with E-state index in [9.17, 15) is 0 Å². The van der Waals surface area contributed by atoms with Crippen LogP contribution >= 0.6 is 23.8 Å². The van der Waals surface area contributed by atoms with Crippen molar-refractivity contribution < 1.29 is 0 Å². The van der Waals surface area contributed by atoms with E-state index in [4.69, 9.17) is 29.6 Å². The van der Waals surface area contributed by atoms with Crippen LogP contribution in [0.25, 0.3) is 0 Å². The Morgan fingerprint density at radius 2 is 2.22 bits per heavy atom. The van der Waals surface area contributed by atoms with Crippen molar-refractivity contribution >= 4 is 34.5 Å². The van der Waals surface area contributed by atoms with Crippen molar-refractivity contribution in [3.63, 3.8) is 0 Å². The molecule has 0 radical (unpaired) electrons. The maximum absolute atomic E-state index is 5.98. The molecule has 0 aliphatic heterocycles. The zero-order valence-electron chi connectivity index (χ0n) is 10.8. The van der Waals surface area contributed by atoms with E-state index >= 15 is 0 Å². The summed E-state index contributed by atoms with van der Waals surface area (Å²) in [4.78, 5) is 0.386. The normalized spacial score (nSPS) is 21.8. The molecule has 98 valence electrons. The van der Waals surface area contributed by atoms with Gasteiger partial charge < -0.3 is 11.1 Å². The van der Waals surface area contributed by atoms with Gasteiger partial charge in [0, 0.05) is 22.3 Å². The van der Waals surface area contributed by atoms with E-state index in [0.29, 0.717) is 21.5 Å². The van der Waals surface area contributed by atoms with Crippen LogP contribution in [0.15, 0.2) is 18.2 Å². The van der Waals surface area contributed by atoms with E-state index in [-0.39, 0.29) is 0 Å². The first-order valence-electron chi connectivity index (χ1n) is 6.23. The molecule has 4 heteroatoms. The van der Waals surface area contributed by atoms with Gasteiger partial charge in [0.05, 0.1) is 0 Å². The molecule has 1 saturated carbocycles. The highest BCUT2D eigenvalue weighted by molar-refractivity contribution is 7.80. The Kier molecular flexibility index (Phi) is 3.83. The molecular formula is C14H19ClN2S. The lowest BCUT2D eigenvalue weighted by Crippen LogP contribution is -2.20. The summed E-state index contributed by atoms with van der Waals surface area (Å²) in [7, 11) is 0. The lowest BCUT2D eigenvalue weighted by atomic mass is 9.92. The number of rotatable bonds is 3. The fourth-order valence-electron chi connectivity index (χ4n) is 2.63. The van der Waals surface area contributed by atoms with Gasteiger partial charge in [-0.15, -0.1) is 0 Å². The van der Waals surface area contributed by atoms with Gasteiger partial charge in [-0.25, -0.2) is 0 Å². The van der Waals surface area contributed by atoms with Gasteiger partial charge in [0.1, 0.15) is 4.99 Å². The van der Waals surface area contributed by atoms with E-state index in [1.165, 1.54) is 19.3 Å². The van der Waals surface area contributed by atoms with Crippen LogP contribution in [-0.4, -0.2) is 11.0 Å². The molecular weight excluding hydrogens is 264 g/mol. The van der Waals surface area contributed by atoms with Gasteiger partial charge in [-0.3, -0.25) is 0 Å². The number of benzene rings is 1. The maximum Gasteiger partial charge on any atom is 0.106 e. The molecule has 0 aromatic heterocycles. The fourth-order valence-corrected chi connectivity index (χ4v) is 2.97. The molecule has 0 bridgehead atoms. The van der Waals surface area contributed by atoms with Crippen molar-refractivity contribution in [1.29, 1.82) is 0 Å². The largest absolute Gasteiger partial charge is 0.389 e. The van der Waals surface area contributed by atoms with Gasteiger partial charge in [0.15, 0.2) is 0 Å². The molecule has 1 unspecified atom stereocenters. The average Bonchev–Trinajstić information content (AvgIpc) is 2.60. The van der Waals surface area contributed by atoms with Crippen molar-refractivity contribution in [2.24, 2.45) is 11.1 Å². The minimum Gasteiger partial charge on any atom is -0.389 e. The summed E-state index contributed by atoms with van der Waals surface area (Å²) in [5.41, 5.74) is 8.00. The van der Waals surface area contributed by atoms with Crippen molar-refractivity contribution in [1.82, 2.24) is 0 Å². The Morgan fingerprint density at radius 3 is 2.78 bits per heavy atom. The van der Waals surface area contributed by atoms with Crippen LogP contribution in [-0.2, 0) is 0 Å². The molecule has 2 nitrogen and oxygen atoms in total. The number of anilines is 1. The van der Waals surface area contributed by atoms with Crippen LogP contribution in [0.4, 0.5) is 5.69 Å². The Bertz CT molecular complexity index is 471. The predicted molar refractivity (Wildman–Crippen MR) is 82.4 cm³/mol. The number of nitrogens with one attached hydrogen (secondary N) is 1. The predicted octanol–water partition coefficient (Wildman–Crippen LogP) is 3.96. The van der Waals surface area contributed by atoms with Gasteiger partial charge in [0.2, 0.25) is 0 Å². The fraction of sp³-hybridized carbons (Fsp3) is 0.500. The first-order chi connectivity index (χ1) is 8.37. The Balaban J connectivity index is 2.17. The van der Waals surface area contributed by atoms with Crippen molar-refractivity contribution in [3.8, 4) is 0 Å². The molecule has 0 saturated heterocycles. The van der Waals surface area contributed by atoms with Crippen molar-refractivity contribution in [3.05, 3.63) is 28.8 Å². The van der Waals surface area contributed by atoms with E-state index in [1.54, 1.807) is 0 Å². The first-order valence-corrected chi connectivity index (χ1v) is 7.02. The number of halogens is 1. The van der Waals surface area contributed by atoms with Crippen molar-refractivity contribution in [2.75, 3.05) is 5.32 Å². The highest BCUT2D eigenvalue weighted by Crippen LogP contribution is 2.38. The van der Waals surface area contributed by atoms with Gasteiger partial charge in [-0.1, -0.05) is 37.7 Å². The maximum atomic E-state index is 5.98. The Morgan fingerprint density at radius 1 is 1.50 bits per heavy atom. The van der Waals surface area contributed by atoms with Crippen molar-refractivity contribution in [2.45, 2.75) is 39.2 Å². The SMILES string of the molecule is CC1(C)CCC(Nc2ccc(Cl)cc2C(N)=S)C1. The van der Waals surface area contributed by atoms with Crippen LogP contribution in [0, 0.1) is 5.41 Å². The molecule has 3 N–H and O–H groups in total. The minimum atomic E-state index is 0.386. The third-order valence-corrected chi connectivity index (χ3v) is 4.03. The van der Waals surface area contributed by atoms with Crippen LogP contribution < -0.4 is 11.1 Å². The summed E-state index contributed by atoms with van der Waals surface area (Å²) < 4.78 is 0. The smallest absolute Gasteiger partial charge is 0.106 e. The standard InChI is InChI=1S/C14H19ClN2S/c1-14(2)6-5-10(8-14)17-12-4-3-9(15)7-11(12)13(16)18/h3-4,7,10,17H,5-6,8H2,1-2H3,(H2,16,18). The summed E-state index contributed by atoms with van der Waals surface area (Å²) in [5, 5.41) is 4.21. The third-order valence-electron chi connectivity index (χ3n) is 3.58. The number of nitrogens with two attached hydrogens (primary N) is 1. The van der Waals surface area contributed by atoms with Gasteiger partial charge in [-0.05, 0) is 42.9 Å². The molecule has 1 aliphatic rings.